The molecule has 1 fully saturated rings. The molecule has 1 saturated carbocycles. The summed E-state index contributed by atoms with van der Waals surface area (Å²) in [5.74, 6) is 0.613. The lowest BCUT2D eigenvalue weighted by atomic mass is 9.69. The first-order valence-corrected chi connectivity index (χ1v) is 6.79. The molecule has 2 rings (SSSR count). The average molecular weight is 314 g/mol. The minimum atomic E-state index is -0.397. The van der Waals surface area contributed by atoms with Gasteiger partial charge in [-0.2, -0.15) is 0 Å². The Morgan fingerprint density at radius 2 is 2.17 bits per heavy atom. The molecule has 2 atom stereocenters. The number of nitro benzene ring substituents is 1. The summed E-state index contributed by atoms with van der Waals surface area (Å²) in [6, 6.07) is 4.74. The maximum Gasteiger partial charge on any atom is 0.273 e. The summed E-state index contributed by atoms with van der Waals surface area (Å²) >= 11 is 3.60. The van der Waals surface area contributed by atoms with Crippen molar-refractivity contribution in [3.63, 3.8) is 0 Å². The fraction of sp³-hybridized carbons (Fsp3) is 0.538. The smallest absolute Gasteiger partial charge is 0.273 e. The number of nitrogens with zero attached hydrogens (tertiary/aromatic N) is 1. The van der Waals surface area contributed by atoms with E-state index in [4.69, 9.17) is 4.74 Å². The molecule has 0 saturated heterocycles. The maximum atomic E-state index is 10.8. The van der Waals surface area contributed by atoms with Crippen molar-refractivity contribution in [2.75, 3.05) is 0 Å². The van der Waals surface area contributed by atoms with Gasteiger partial charge in [0.1, 0.15) is 11.9 Å². The van der Waals surface area contributed by atoms with Crippen molar-refractivity contribution < 1.29 is 9.66 Å². The zero-order valence-corrected chi connectivity index (χ0v) is 12.2. The number of non-ortho nitro benzene ring substituents is 1. The third-order valence-electron chi connectivity index (χ3n) is 3.71. The van der Waals surface area contributed by atoms with Crippen LogP contribution in [0.25, 0.3) is 0 Å². The highest BCUT2D eigenvalue weighted by atomic mass is 79.9. The lowest BCUT2D eigenvalue weighted by Crippen LogP contribution is -2.53. The number of rotatable bonds is 3. The van der Waals surface area contributed by atoms with Gasteiger partial charge in [-0.15, -0.1) is 0 Å². The molecule has 0 heterocycles. The van der Waals surface area contributed by atoms with E-state index >= 15 is 0 Å². The van der Waals surface area contributed by atoms with Gasteiger partial charge < -0.3 is 4.74 Å². The monoisotopic (exact) mass is 313 g/mol. The first kappa shape index (κ1) is 13.3. The summed E-state index contributed by atoms with van der Waals surface area (Å²) < 4.78 is 5.92. The van der Waals surface area contributed by atoms with Gasteiger partial charge in [0.15, 0.2) is 0 Å². The minimum absolute atomic E-state index is 0.0526. The number of alkyl halides is 1. The molecule has 1 aliphatic carbocycles. The van der Waals surface area contributed by atoms with E-state index in [1.807, 2.05) is 6.92 Å². The van der Waals surface area contributed by atoms with E-state index in [2.05, 4.69) is 29.8 Å². The van der Waals surface area contributed by atoms with Crippen LogP contribution in [0.15, 0.2) is 18.2 Å². The van der Waals surface area contributed by atoms with Gasteiger partial charge in [0.2, 0.25) is 0 Å². The van der Waals surface area contributed by atoms with E-state index < -0.39 is 4.92 Å². The number of aryl methyl sites for hydroxylation is 1. The summed E-state index contributed by atoms with van der Waals surface area (Å²) in [7, 11) is 0. The van der Waals surface area contributed by atoms with Gasteiger partial charge in [-0.3, -0.25) is 10.1 Å². The molecule has 1 aromatic rings. The van der Waals surface area contributed by atoms with Crippen LogP contribution < -0.4 is 4.74 Å². The summed E-state index contributed by atoms with van der Waals surface area (Å²) in [4.78, 5) is 10.8. The third kappa shape index (κ3) is 2.23. The number of nitro groups is 1. The minimum Gasteiger partial charge on any atom is -0.489 e. The Labute approximate surface area is 115 Å². The first-order valence-electron chi connectivity index (χ1n) is 5.88. The zero-order chi connectivity index (χ0) is 13.5. The van der Waals surface area contributed by atoms with Crippen molar-refractivity contribution >= 4 is 21.6 Å². The quantitative estimate of drug-likeness (QED) is 0.484. The largest absolute Gasteiger partial charge is 0.489 e. The van der Waals surface area contributed by atoms with Gasteiger partial charge in [0.05, 0.1) is 11.0 Å². The molecule has 0 amide bonds. The molecule has 0 N–H and O–H groups in total. The van der Waals surface area contributed by atoms with Crippen LogP contribution in [0, 0.1) is 22.5 Å². The summed E-state index contributed by atoms with van der Waals surface area (Å²) in [6.07, 6.45) is 1.03. The molecule has 0 radical (unpaired) electrons. The summed E-state index contributed by atoms with van der Waals surface area (Å²) in [6.45, 7) is 6.16. The molecule has 0 spiro atoms. The second-order valence-corrected chi connectivity index (χ2v) is 6.44. The summed E-state index contributed by atoms with van der Waals surface area (Å²) in [5.41, 5.74) is 1.05. The van der Waals surface area contributed by atoms with E-state index in [0.29, 0.717) is 10.6 Å². The van der Waals surface area contributed by atoms with E-state index in [1.54, 1.807) is 6.07 Å². The highest BCUT2D eigenvalue weighted by Gasteiger charge is 2.48. The molecule has 4 nitrogen and oxygen atoms in total. The van der Waals surface area contributed by atoms with Crippen molar-refractivity contribution in [1.29, 1.82) is 0 Å². The highest BCUT2D eigenvalue weighted by molar-refractivity contribution is 9.09. The second-order valence-electron chi connectivity index (χ2n) is 5.34. The van der Waals surface area contributed by atoms with Crippen molar-refractivity contribution in [2.24, 2.45) is 5.41 Å². The topological polar surface area (TPSA) is 52.4 Å². The standard InChI is InChI=1S/C13H16BrNO3/c1-8-4-5-9(15(16)17)6-10(8)18-12-7-11(14)13(12,2)3/h4-6,11-12H,7H2,1-3H3. The highest BCUT2D eigenvalue weighted by Crippen LogP contribution is 2.47. The van der Waals surface area contributed by atoms with Crippen molar-refractivity contribution in [3.8, 4) is 5.75 Å². The molecule has 0 aliphatic heterocycles. The van der Waals surface area contributed by atoms with E-state index in [1.165, 1.54) is 12.1 Å². The Balaban J connectivity index is 2.19. The van der Waals surface area contributed by atoms with Gasteiger partial charge in [0.25, 0.3) is 5.69 Å². The Hall–Kier alpha value is -1.10. The van der Waals surface area contributed by atoms with Gasteiger partial charge in [-0.1, -0.05) is 29.8 Å². The number of ether oxygens (including phenoxy) is 1. The fourth-order valence-electron chi connectivity index (χ4n) is 2.02. The molecule has 18 heavy (non-hydrogen) atoms. The molecule has 2 unspecified atom stereocenters. The van der Waals surface area contributed by atoms with Crippen LogP contribution in [0.3, 0.4) is 0 Å². The van der Waals surface area contributed by atoms with Gasteiger partial charge >= 0.3 is 0 Å². The van der Waals surface area contributed by atoms with Crippen LogP contribution in [0.1, 0.15) is 25.8 Å². The summed E-state index contributed by atoms with van der Waals surface area (Å²) in [5, 5.41) is 10.8. The third-order valence-corrected chi connectivity index (χ3v) is 5.26. The molecule has 5 heteroatoms. The SMILES string of the molecule is Cc1ccc([N+](=O)[O-])cc1OC1CC(Br)C1(C)C. The molecule has 0 aromatic heterocycles. The molecule has 1 aliphatic rings. The van der Waals surface area contributed by atoms with Gasteiger partial charge in [-0.25, -0.2) is 0 Å². The molecule has 1 aromatic carbocycles. The van der Waals surface area contributed by atoms with Crippen molar-refractivity contribution in [3.05, 3.63) is 33.9 Å². The van der Waals surface area contributed by atoms with E-state index in [0.717, 1.165) is 12.0 Å². The lowest BCUT2D eigenvalue weighted by molar-refractivity contribution is -0.385. The van der Waals surface area contributed by atoms with Gasteiger partial charge in [0, 0.05) is 16.3 Å². The number of hydrogen-bond donors (Lipinski definition) is 0. The number of benzene rings is 1. The average Bonchev–Trinajstić information content (AvgIpc) is 2.30. The predicted octanol–water partition coefficient (Wildman–Crippen LogP) is 3.84. The molecular weight excluding hydrogens is 298 g/mol. The normalized spacial score (nSPS) is 25.3. The number of halogens is 1. The Bertz CT molecular complexity index is 487. The predicted molar refractivity (Wildman–Crippen MR) is 73.4 cm³/mol. The van der Waals surface area contributed by atoms with Crippen LogP contribution in [0.4, 0.5) is 5.69 Å². The fourth-order valence-corrected chi connectivity index (χ4v) is 2.65. The number of hydrogen-bond acceptors (Lipinski definition) is 3. The zero-order valence-electron chi connectivity index (χ0n) is 10.6. The van der Waals surface area contributed by atoms with E-state index in [9.17, 15) is 10.1 Å². The molecule has 0 bridgehead atoms. The van der Waals surface area contributed by atoms with E-state index in [-0.39, 0.29) is 17.2 Å². The van der Waals surface area contributed by atoms with Crippen LogP contribution in [-0.2, 0) is 0 Å². The van der Waals surface area contributed by atoms with Crippen LogP contribution in [0.5, 0.6) is 5.75 Å². The maximum absolute atomic E-state index is 10.8. The Kier molecular flexibility index (Phi) is 3.36. The first-order chi connectivity index (χ1) is 8.32. The molecule has 98 valence electrons. The second kappa shape index (κ2) is 4.53. The van der Waals surface area contributed by atoms with Crippen LogP contribution in [0.2, 0.25) is 0 Å². The Morgan fingerprint density at radius 1 is 1.50 bits per heavy atom. The van der Waals surface area contributed by atoms with Crippen molar-refractivity contribution in [2.45, 2.75) is 38.1 Å². The lowest BCUT2D eigenvalue weighted by Gasteiger charge is -2.48. The van der Waals surface area contributed by atoms with Crippen LogP contribution in [-0.4, -0.2) is 15.9 Å². The molecular formula is C13H16BrNO3. The van der Waals surface area contributed by atoms with Crippen LogP contribution >= 0.6 is 15.9 Å². The Morgan fingerprint density at radius 3 is 2.67 bits per heavy atom. The van der Waals surface area contributed by atoms with Crippen molar-refractivity contribution in [1.82, 2.24) is 0 Å². The van der Waals surface area contributed by atoms with Gasteiger partial charge in [-0.05, 0) is 25.0 Å².